The first-order chi connectivity index (χ1) is 16.6. The molecule has 1 aliphatic rings. The molecular weight excluding hydrogens is 418 g/mol. The number of carbonyl (C=O) groups is 1. The molecular formula is C30H31N3O. The van der Waals surface area contributed by atoms with Crippen molar-refractivity contribution in [3.8, 4) is 0 Å². The molecule has 1 unspecified atom stereocenters. The van der Waals surface area contributed by atoms with E-state index in [2.05, 4.69) is 77.7 Å². The van der Waals surface area contributed by atoms with Crippen LogP contribution in [0.1, 0.15) is 33.1 Å². The van der Waals surface area contributed by atoms with Crippen molar-refractivity contribution in [3.63, 3.8) is 0 Å². The summed E-state index contributed by atoms with van der Waals surface area (Å²) in [6.45, 7) is 2.42. The molecule has 0 saturated heterocycles. The maximum Gasteiger partial charge on any atom is 0.251 e. The molecule has 172 valence electrons. The third kappa shape index (κ3) is 4.55. The lowest BCUT2D eigenvalue weighted by Crippen LogP contribution is -2.40. The molecule has 5 rings (SSSR count). The van der Waals surface area contributed by atoms with Crippen LogP contribution in [0.4, 0.5) is 5.69 Å². The highest BCUT2D eigenvalue weighted by atomic mass is 16.1. The monoisotopic (exact) mass is 449 g/mol. The Balaban J connectivity index is 1.41. The van der Waals surface area contributed by atoms with Crippen LogP contribution in [-0.2, 0) is 13.0 Å². The molecule has 1 N–H and O–H groups in total. The molecule has 1 aliphatic heterocycles. The van der Waals surface area contributed by atoms with E-state index in [0.717, 1.165) is 35.8 Å². The van der Waals surface area contributed by atoms with Gasteiger partial charge in [-0.25, -0.2) is 0 Å². The Hall–Kier alpha value is -3.63. The summed E-state index contributed by atoms with van der Waals surface area (Å²) in [6.07, 6.45) is 1.03. The fourth-order valence-electron chi connectivity index (χ4n) is 4.94. The normalized spacial score (nSPS) is 14.4. The lowest BCUT2D eigenvalue weighted by atomic mass is 9.96. The summed E-state index contributed by atoms with van der Waals surface area (Å²) in [5.41, 5.74) is 5.93. The quantitative estimate of drug-likeness (QED) is 0.426. The molecule has 0 radical (unpaired) electrons. The fraction of sp³-hybridized carbons (Fsp3) is 0.233. The van der Waals surface area contributed by atoms with Crippen molar-refractivity contribution in [1.82, 2.24) is 10.2 Å². The van der Waals surface area contributed by atoms with Gasteiger partial charge in [-0.2, -0.15) is 0 Å². The summed E-state index contributed by atoms with van der Waals surface area (Å²) in [4.78, 5) is 17.9. The fourth-order valence-corrected chi connectivity index (χ4v) is 4.94. The molecule has 0 bridgehead atoms. The van der Waals surface area contributed by atoms with Gasteiger partial charge in [0.25, 0.3) is 5.91 Å². The second-order valence-electron chi connectivity index (χ2n) is 9.23. The first-order valence-electron chi connectivity index (χ1n) is 11.9. The van der Waals surface area contributed by atoms with Crippen LogP contribution in [0.3, 0.4) is 0 Å². The smallest absolute Gasteiger partial charge is 0.251 e. The number of amides is 1. The Morgan fingerprint density at radius 3 is 2.38 bits per heavy atom. The SMILES string of the molecule is CN(C)c1ccc(C(CNC(=O)c2cccc3ccccc23)N2CCc3ccccc3C2)cc1. The zero-order valence-electron chi connectivity index (χ0n) is 19.9. The molecule has 1 heterocycles. The summed E-state index contributed by atoms with van der Waals surface area (Å²) in [5, 5.41) is 5.33. The highest BCUT2D eigenvalue weighted by molar-refractivity contribution is 6.07. The molecule has 0 fully saturated rings. The number of hydrogen-bond acceptors (Lipinski definition) is 3. The van der Waals surface area contributed by atoms with Crippen molar-refractivity contribution in [2.75, 3.05) is 32.1 Å². The summed E-state index contributed by atoms with van der Waals surface area (Å²) >= 11 is 0. The average Bonchev–Trinajstić information content (AvgIpc) is 2.88. The molecule has 4 nitrogen and oxygen atoms in total. The van der Waals surface area contributed by atoms with Crippen LogP contribution in [-0.4, -0.2) is 38.0 Å². The van der Waals surface area contributed by atoms with E-state index in [-0.39, 0.29) is 11.9 Å². The van der Waals surface area contributed by atoms with E-state index in [1.54, 1.807) is 0 Å². The number of anilines is 1. The Morgan fingerprint density at radius 1 is 0.882 bits per heavy atom. The average molecular weight is 450 g/mol. The van der Waals surface area contributed by atoms with Gasteiger partial charge in [-0.05, 0) is 52.1 Å². The van der Waals surface area contributed by atoms with Gasteiger partial charge in [0.05, 0.1) is 6.04 Å². The molecule has 0 aliphatic carbocycles. The maximum absolute atomic E-state index is 13.3. The Bertz CT molecular complexity index is 1290. The molecule has 1 atom stereocenters. The van der Waals surface area contributed by atoms with Crippen molar-refractivity contribution in [2.45, 2.75) is 19.0 Å². The standard InChI is InChI=1S/C30H31N3O/c1-32(2)26-16-14-24(15-17-26)29(33-19-18-22-8-3-4-10-25(22)21-33)20-31-30(34)28-13-7-11-23-9-5-6-12-27(23)28/h3-17,29H,18-21H2,1-2H3,(H,31,34). The Kier molecular flexibility index (Phi) is 6.33. The molecule has 0 saturated carbocycles. The van der Waals surface area contributed by atoms with Crippen molar-refractivity contribution < 1.29 is 4.79 Å². The van der Waals surface area contributed by atoms with Gasteiger partial charge in [-0.1, -0.05) is 72.8 Å². The highest BCUT2D eigenvalue weighted by Gasteiger charge is 2.25. The van der Waals surface area contributed by atoms with Crippen LogP contribution in [0.25, 0.3) is 10.8 Å². The Morgan fingerprint density at radius 2 is 1.59 bits per heavy atom. The minimum absolute atomic E-state index is 0.0240. The van der Waals surface area contributed by atoms with E-state index >= 15 is 0 Å². The number of carbonyl (C=O) groups excluding carboxylic acids is 1. The van der Waals surface area contributed by atoms with E-state index in [0.29, 0.717) is 6.54 Å². The van der Waals surface area contributed by atoms with Crippen molar-refractivity contribution in [3.05, 3.63) is 113 Å². The van der Waals surface area contributed by atoms with E-state index in [9.17, 15) is 4.79 Å². The summed E-state index contributed by atoms with van der Waals surface area (Å²) in [6, 6.07) is 31.5. The molecule has 34 heavy (non-hydrogen) atoms. The van der Waals surface area contributed by atoms with Gasteiger partial charge in [0.1, 0.15) is 0 Å². The molecule has 4 heteroatoms. The third-order valence-electron chi connectivity index (χ3n) is 6.89. The van der Waals surface area contributed by atoms with Gasteiger partial charge in [-0.15, -0.1) is 0 Å². The number of benzene rings is 4. The van der Waals surface area contributed by atoms with Gasteiger partial charge in [0.2, 0.25) is 0 Å². The summed E-state index contributed by atoms with van der Waals surface area (Å²) < 4.78 is 0. The molecule has 1 amide bonds. The minimum atomic E-state index is -0.0240. The highest BCUT2D eigenvalue weighted by Crippen LogP contribution is 2.29. The summed E-state index contributed by atoms with van der Waals surface area (Å²) in [5.74, 6) is -0.0240. The number of fused-ring (bicyclic) bond motifs is 2. The van der Waals surface area contributed by atoms with Crippen molar-refractivity contribution >= 4 is 22.4 Å². The zero-order valence-corrected chi connectivity index (χ0v) is 19.9. The van der Waals surface area contributed by atoms with E-state index < -0.39 is 0 Å². The minimum Gasteiger partial charge on any atom is -0.378 e. The van der Waals surface area contributed by atoms with Crippen LogP contribution in [0, 0.1) is 0 Å². The first-order valence-corrected chi connectivity index (χ1v) is 11.9. The zero-order chi connectivity index (χ0) is 23.5. The first kappa shape index (κ1) is 22.2. The second kappa shape index (κ2) is 9.70. The van der Waals surface area contributed by atoms with Crippen molar-refractivity contribution in [2.24, 2.45) is 0 Å². The molecule has 0 aromatic heterocycles. The second-order valence-corrected chi connectivity index (χ2v) is 9.23. The predicted octanol–water partition coefficient (Wildman–Crippen LogP) is 5.44. The largest absolute Gasteiger partial charge is 0.378 e. The number of nitrogens with zero attached hydrogens (tertiary/aromatic N) is 2. The number of hydrogen-bond donors (Lipinski definition) is 1. The van der Waals surface area contributed by atoms with Crippen LogP contribution in [0.2, 0.25) is 0 Å². The predicted molar refractivity (Wildman–Crippen MR) is 140 cm³/mol. The van der Waals surface area contributed by atoms with Crippen LogP contribution in [0.5, 0.6) is 0 Å². The van der Waals surface area contributed by atoms with Gasteiger partial charge in [0, 0.05) is 45.0 Å². The molecule has 4 aromatic carbocycles. The topological polar surface area (TPSA) is 35.6 Å². The lowest BCUT2D eigenvalue weighted by Gasteiger charge is -2.36. The van der Waals surface area contributed by atoms with E-state index in [1.165, 1.54) is 22.4 Å². The Labute approximate surface area is 201 Å². The van der Waals surface area contributed by atoms with Crippen LogP contribution >= 0.6 is 0 Å². The van der Waals surface area contributed by atoms with Crippen LogP contribution < -0.4 is 10.2 Å². The maximum atomic E-state index is 13.3. The lowest BCUT2D eigenvalue weighted by molar-refractivity contribution is 0.0929. The van der Waals surface area contributed by atoms with Gasteiger partial charge < -0.3 is 10.2 Å². The van der Waals surface area contributed by atoms with Crippen molar-refractivity contribution in [1.29, 1.82) is 0 Å². The van der Waals surface area contributed by atoms with Gasteiger partial charge in [0.15, 0.2) is 0 Å². The summed E-state index contributed by atoms with van der Waals surface area (Å²) in [7, 11) is 4.11. The molecule has 0 spiro atoms. The van der Waals surface area contributed by atoms with E-state index in [4.69, 9.17) is 0 Å². The molecule has 4 aromatic rings. The van der Waals surface area contributed by atoms with Gasteiger partial charge in [-0.3, -0.25) is 9.69 Å². The van der Waals surface area contributed by atoms with E-state index in [1.807, 2.05) is 42.5 Å². The van der Waals surface area contributed by atoms with Gasteiger partial charge >= 0.3 is 0 Å². The number of nitrogens with one attached hydrogen (secondary N) is 1. The number of rotatable bonds is 6. The third-order valence-corrected chi connectivity index (χ3v) is 6.89. The van der Waals surface area contributed by atoms with Crippen LogP contribution in [0.15, 0.2) is 91.0 Å².